The second kappa shape index (κ2) is 7.19. The first-order valence-corrected chi connectivity index (χ1v) is 6.58. The quantitative estimate of drug-likeness (QED) is 0.862. The maximum absolute atomic E-state index is 5.84. The third-order valence-electron chi connectivity index (χ3n) is 1.89. The molecule has 2 aromatic heterocycles. The smallest absolute Gasteiger partial charge is 0.0931 e. The van der Waals surface area contributed by atoms with Gasteiger partial charge in [-0.05, 0) is 30.1 Å². The molecular weight excluding hydrogens is 285 g/mol. The zero-order valence-corrected chi connectivity index (χ0v) is 11.6. The minimum atomic E-state index is 0. The van der Waals surface area contributed by atoms with Crippen LogP contribution < -0.4 is 5.32 Å². The van der Waals surface area contributed by atoms with Crippen molar-refractivity contribution in [3.63, 3.8) is 0 Å². The lowest BCUT2D eigenvalue weighted by Crippen LogP contribution is -2.16. The molecule has 0 aliphatic carbocycles. The predicted octanol–water partition coefficient (Wildman–Crippen LogP) is 3.01. The number of thiophene rings is 1. The van der Waals surface area contributed by atoms with Gasteiger partial charge in [0, 0.05) is 23.3 Å². The van der Waals surface area contributed by atoms with Crippen LogP contribution in [0.25, 0.3) is 0 Å². The summed E-state index contributed by atoms with van der Waals surface area (Å²) in [6.07, 6.45) is 1.01. The summed E-state index contributed by atoms with van der Waals surface area (Å²) in [6, 6.07) is 4.00. The van der Waals surface area contributed by atoms with Crippen LogP contribution in [-0.4, -0.2) is 16.1 Å². The lowest BCUT2D eigenvalue weighted by molar-refractivity contribution is 0.676. The van der Waals surface area contributed by atoms with E-state index in [1.165, 1.54) is 16.4 Å². The molecule has 0 saturated heterocycles. The van der Waals surface area contributed by atoms with Crippen LogP contribution in [0.15, 0.2) is 17.5 Å². The Kier molecular flexibility index (Phi) is 6.23. The minimum Gasteiger partial charge on any atom is -0.311 e. The molecule has 2 heterocycles. The molecule has 2 rings (SSSR count). The molecule has 0 aromatic carbocycles. The fourth-order valence-corrected chi connectivity index (χ4v) is 2.71. The van der Waals surface area contributed by atoms with Crippen molar-refractivity contribution in [2.24, 2.45) is 0 Å². The van der Waals surface area contributed by atoms with Gasteiger partial charge in [-0.3, -0.25) is 0 Å². The second-order valence-corrected chi connectivity index (χ2v) is 5.44. The van der Waals surface area contributed by atoms with Crippen LogP contribution in [-0.2, 0) is 13.0 Å². The normalized spacial score (nSPS) is 10.1. The van der Waals surface area contributed by atoms with Crippen molar-refractivity contribution in [2.75, 3.05) is 6.54 Å². The Labute approximate surface area is 113 Å². The lowest BCUT2D eigenvalue weighted by Gasteiger charge is -1.99. The van der Waals surface area contributed by atoms with E-state index in [4.69, 9.17) is 11.6 Å². The zero-order valence-electron chi connectivity index (χ0n) is 8.35. The SMILES string of the molecule is Cl.Clc1ccc(CCNCc2csnn2)s1. The topological polar surface area (TPSA) is 37.8 Å². The fourth-order valence-electron chi connectivity index (χ4n) is 1.18. The maximum atomic E-state index is 5.84. The van der Waals surface area contributed by atoms with Crippen molar-refractivity contribution in [3.05, 3.63) is 32.4 Å². The molecule has 1 N–H and O–H groups in total. The highest BCUT2D eigenvalue weighted by molar-refractivity contribution is 7.16. The Morgan fingerprint density at radius 2 is 2.25 bits per heavy atom. The molecule has 16 heavy (non-hydrogen) atoms. The summed E-state index contributed by atoms with van der Waals surface area (Å²) in [6.45, 7) is 1.73. The molecule has 0 atom stereocenters. The third-order valence-corrected chi connectivity index (χ3v) is 3.73. The van der Waals surface area contributed by atoms with E-state index < -0.39 is 0 Å². The first-order valence-electron chi connectivity index (χ1n) is 4.55. The Balaban J connectivity index is 0.00000128. The zero-order chi connectivity index (χ0) is 10.5. The van der Waals surface area contributed by atoms with Gasteiger partial charge in [-0.1, -0.05) is 16.1 Å². The van der Waals surface area contributed by atoms with Crippen LogP contribution in [0.2, 0.25) is 4.34 Å². The summed E-state index contributed by atoms with van der Waals surface area (Å²) in [5, 5.41) is 9.22. The van der Waals surface area contributed by atoms with E-state index in [1.54, 1.807) is 11.3 Å². The van der Waals surface area contributed by atoms with Crippen molar-refractivity contribution in [1.82, 2.24) is 14.9 Å². The summed E-state index contributed by atoms with van der Waals surface area (Å²) in [7, 11) is 0. The van der Waals surface area contributed by atoms with Crippen LogP contribution in [0.4, 0.5) is 0 Å². The first kappa shape index (κ1) is 13.9. The molecule has 7 heteroatoms. The van der Waals surface area contributed by atoms with E-state index in [0.717, 1.165) is 29.5 Å². The molecule has 0 amide bonds. The number of nitrogens with zero attached hydrogens (tertiary/aromatic N) is 2. The van der Waals surface area contributed by atoms with E-state index in [-0.39, 0.29) is 12.4 Å². The number of hydrogen-bond acceptors (Lipinski definition) is 5. The molecule has 0 radical (unpaired) electrons. The van der Waals surface area contributed by atoms with E-state index in [9.17, 15) is 0 Å². The predicted molar refractivity (Wildman–Crippen MR) is 71.9 cm³/mol. The Bertz CT molecular complexity index is 403. The van der Waals surface area contributed by atoms with Gasteiger partial charge >= 0.3 is 0 Å². The molecule has 0 aliphatic heterocycles. The highest BCUT2D eigenvalue weighted by atomic mass is 35.5. The summed E-state index contributed by atoms with van der Waals surface area (Å²) >= 11 is 8.85. The van der Waals surface area contributed by atoms with Gasteiger partial charge in [-0.2, -0.15) is 0 Å². The third kappa shape index (κ3) is 4.35. The average molecular weight is 296 g/mol. The van der Waals surface area contributed by atoms with Gasteiger partial charge in [0.05, 0.1) is 10.0 Å². The average Bonchev–Trinajstić information content (AvgIpc) is 2.84. The van der Waals surface area contributed by atoms with Gasteiger partial charge < -0.3 is 5.32 Å². The number of rotatable bonds is 5. The molecule has 0 saturated carbocycles. The van der Waals surface area contributed by atoms with Gasteiger partial charge in [0.15, 0.2) is 0 Å². The van der Waals surface area contributed by atoms with Crippen molar-refractivity contribution >= 4 is 46.9 Å². The van der Waals surface area contributed by atoms with E-state index >= 15 is 0 Å². The molecule has 3 nitrogen and oxygen atoms in total. The molecule has 0 spiro atoms. The molecule has 0 fully saturated rings. The van der Waals surface area contributed by atoms with Crippen LogP contribution in [0, 0.1) is 0 Å². The molecule has 0 aliphatic rings. The molecular formula is C9H11Cl2N3S2. The molecule has 2 aromatic rings. The van der Waals surface area contributed by atoms with E-state index in [2.05, 4.69) is 21.0 Å². The summed E-state index contributed by atoms with van der Waals surface area (Å²) < 4.78 is 4.65. The molecule has 0 bridgehead atoms. The van der Waals surface area contributed by atoms with Crippen molar-refractivity contribution in [2.45, 2.75) is 13.0 Å². The van der Waals surface area contributed by atoms with Gasteiger partial charge in [0.25, 0.3) is 0 Å². The van der Waals surface area contributed by atoms with Crippen molar-refractivity contribution < 1.29 is 0 Å². The highest BCUT2D eigenvalue weighted by Crippen LogP contribution is 2.21. The van der Waals surface area contributed by atoms with Crippen LogP contribution in [0.1, 0.15) is 10.6 Å². The second-order valence-electron chi connectivity index (χ2n) is 3.03. The first-order chi connectivity index (χ1) is 7.34. The van der Waals surface area contributed by atoms with E-state index in [0.29, 0.717) is 0 Å². The van der Waals surface area contributed by atoms with Crippen molar-refractivity contribution in [3.8, 4) is 0 Å². The Morgan fingerprint density at radius 1 is 1.38 bits per heavy atom. The van der Waals surface area contributed by atoms with Gasteiger partial charge in [-0.15, -0.1) is 28.8 Å². The van der Waals surface area contributed by atoms with Crippen LogP contribution >= 0.6 is 46.9 Å². The lowest BCUT2D eigenvalue weighted by atomic mass is 10.3. The largest absolute Gasteiger partial charge is 0.311 e. The maximum Gasteiger partial charge on any atom is 0.0931 e. The van der Waals surface area contributed by atoms with Gasteiger partial charge in [0.2, 0.25) is 0 Å². The highest BCUT2D eigenvalue weighted by Gasteiger charge is 1.98. The summed E-state index contributed by atoms with van der Waals surface area (Å²) in [4.78, 5) is 1.31. The molecule has 88 valence electrons. The number of halogens is 2. The van der Waals surface area contributed by atoms with Gasteiger partial charge in [0.1, 0.15) is 0 Å². The number of nitrogens with one attached hydrogen (secondary N) is 1. The number of hydrogen-bond donors (Lipinski definition) is 1. The minimum absolute atomic E-state index is 0. The van der Waals surface area contributed by atoms with Crippen LogP contribution in [0.5, 0.6) is 0 Å². The van der Waals surface area contributed by atoms with Gasteiger partial charge in [-0.25, -0.2) is 0 Å². The van der Waals surface area contributed by atoms with Crippen molar-refractivity contribution in [1.29, 1.82) is 0 Å². The molecule has 0 unspecified atom stereocenters. The summed E-state index contributed by atoms with van der Waals surface area (Å²) in [5.41, 5.74) is 1.00. The van der Waals surface area contributed by atoms with Crippen LogP contribution in [0.3, 0.4) is 0 Å². The monoisotopic (exact) mass is 295 g/mol. The van der Waals surface area contributed by atoms with E-state index in [1.807, 2.05) is 11.4 Å². The number of aromatic nitrogens is 2. The Morgan fingerprint density at radius 3 is 2.88 bits per heavy atom. The fraction of sp³-hybridized carbons (Fsp3) is 0.333. The Hall–Kier alpha value is -0.200. The standard InChI is InChI=1S/C9H10ClN3S2.ClH/c10-9-2-1-8(15-9)3-4-11-5-7-6-14-13-12-7;/h1-2,6,11H,3-5H2;1H. The summed E-state index contributed by atoms with van der Waals surface area (Å²) in [5.74, 6) is 0.